The molecule has 0 unspecified atom stereocenters. The number of carboxylic acids is 4. The molecule has 0 aromatic heterocycles. The van der Waals surface area contributed by atoms with E-state index in [4.69, 9.17) is 0 Å². The molecule has 1 rings (SSSR count). The number of hydrogen-bond acceptors (Lipinski definition) is 8. The molecule has 0 aliphatic carbocycles. The molecule has 0 spiro atoms. The van der Waals surface area contributed by atoms with Gasteiger partial charge in [0.2, 0.25) is 0 Å². The van der Waals surface area contributed by atoms with Crippen LogP contribution >= 0.6 is 0 Å². The molecule has 0 amide bonds. The molecule has 0 bridgehead atoms. The number of nitrogens with one attached hydrogen (secondary N) is 3. The number of aliphatic carboxylic acids is 4. The molecule has 0 radical (unpaired) electrons. The molecule has 12 nitrogen and oxygen atoms in total. The lowest BCUT2D eigenvalue weighted by Gasteiger charge is -2.44. The lowest BCUT2D eigenvalue weighted by Crippen LogP contribution is -2.83. The van der Waals surface area contributed by atoms with Crippen LogP contribution in [0, 0.1) is 0 Å². The first kappa shape index (κ1) is 20.8. The van der Waals surface area contributed by atoms with Crippen molar-refractivity contribution in [3.8, 4) is 0 Å². The van der Waals surface area contributed by atoms with Gasteiger partial charge in [0.1, 0.15) is 0 Å². The zero-order chi connectivity index (χ0) is 19.3. The molecule has 1 aliphatic heterocycles. The van der Waals surface area contributed by atoms with E-state index in [0.717, 1.165) is 11.9 Å². The van der Waals surface area contributed by atoms with Crippen molar-refractivity contribution < 1.29 is 39.6 Å². The number of carbonyl (C=O) groups is 4. The molecule has 1 saturated heterocycles. The van der Waals surface area contributed by atoms with Crippen LogP contribution in [0.5, 0.6) is 0 Å². The third-order valence-electron chi connectivity index (χ3n) is 4.17. The van der Waals surface area contributed by atoms with Gasteiger partial charge in [-0.25, -0.2) is 19.2 Å². The Hall–Kier alpha value is -2.28. The number of hydrogen-bond donors (Lipinski definition) is 7. The third kappa shape index (κ3) is 3.42. The van der Waals surface area contributed by atoms with Gasteiger partial charge in [-0.2, -0.15) is 0 Å². The van der Waals surface area contributed by atoms with Gasteiger partial charge in [0.25, 0.3) is 11.1 Å². The van der Waals surface area contributed by atoms with Gasteiger partial charge in [0.15, 0.2) is 0 Å². The van der Waals surface area contributed by atoms with Crippen LogP contribution in [-0.4, -0.2) is 107 Å². The number of nitrogens with zero attached hydrogens (tertiary/aromatic N) is 1. The van der Waals surface area contributed by atoms with Crippen LogP contribution in [0.3, 0.4) is 0 Å². The maximum atomic E-state index is 11.9. The molecular weight excluding hydrogens is 340 g/mol. The molecule has 0 aromatic carbocycles. The van der Waals surface area contributed by atoms with Gasteiger partial charge in [-0.05, 0) is 7.05 Å². The largest absolute Gasteiger partial charge is 0.479 e. The van der Waals surface area contributed by atoms with Crippen LogP contribution in [0.25, 0.3) is 0 Å². The number of likely N-dealkylation sites (N-methyl/N-ethyl adjacent to an activating group) is 1. The first-order valence-corrected chi connectivity index (χ1v) is 7.47. The highest BCUT2D eigenvalue weighted by Crippen LogP contribution is 2.31. The summed E-state index contributed by atoms with van der Waals surface area (Å²) in [6, 6.07) is 0. The van der Waals surface area contributed by atoms with Gasteiger partial charge in [-0.15, -0.1) is 0 Å². The van der Waals surface area contributed by atoms with E-state index in [9.17, 15) is 39.6 Å². The highest BCUT2D eigenvalue weighted by atomic mass is 16.4. The molecule has 7 N–H and O–H groups in total. The van der Waals surface area contributed by atoms with Gasteiger partial charge in [-0.3, -0.25) is 10.2 Å². The molecule has 1 aliphatic rings. The fourth-order valence-electron chi connectivity index (χ4n) is 2.88. The van der Waals surface area contributed by atoms with Crippen molar-refractivity contribution in [2.75, 3.05) is 46.3 Å². The highest BCUT2D eigenvalue weighted by Gasteiger charge is 2.74. The molecule has 0 atom stereocenters. The Kier molecular flexibility index (Phi) is 6.81. The summed E-state index contributed by atoms with van der Waals surface area (Å²) in [7, 11) is 1.07. The summed E-state index contributed by atoms with van der Waals surface area (Å²) in [5.41, 5.74) is -6.58. The van der Waals surface area contributed by atoms with Crippen molar-refractivity contribution in [1.82, 2.24) is 20.9 Å². The maximum Gasteiger partial charge on any atom is 0.339 e. The van der Waals surface area contributed by atoms with Gasteiger partial charge in [-0.1, -0.05) is 0 Å². The molecular formula is C13H22N4O8. The van der Waals surface area contributed by atoms with Crippen LogP contribution in [-0.2, 0) is 19.2 Å². The van der Waals surface area contributed by atoms with Crippen molar-refractivity contribution in [2.45, 2.75) is 11.1 Å². The Balaban J connectivity index is 3.65. The van der Waals surface area contributed by atoms with E-state index in [1.807, 2.05) is 0 Å². The summed E-state index contributed by atoms with van der Waals surface area (Å²) in [6.45, 7) is 0.807. The van der Waals surface area contributed by atoms with E-state index in [-0.39, 0.29) is 26.2 Å². The van der Waals surface area contributed by atoms with Crippen LogP contribution in [0.4, 0.5) is 0 Å². The van der Waals surface area contributed by atoms with Crippen LogP contribution < -0.4 is 16.0 Å². The zero-order valence-electron chi connectivity index (χ0n) is 13.6. The highest BCUT2D eigenvalue weighted by molar-refractivity contribution is 6.20. The fourth-order valence-corrected chi connectivity index (χ4v) is 2.88. The number of rotatable bonds is 4. The second kappa shape index (κ2) is 8.20. The Morgan fingerprint density at radius 2 is 1.20 bits per heavy atom. The lowest BCUT2D eigenvalue weighted by molar-refractivity contribution is -0.190. The predicted octanol–water partition coefficient (Wildman–Crippen LogP) is -3.48. The fraction of sp³-hybridized carbons (Fsp3) is 0.692. The molecule has 0 saturated carbocycles. The van der Waals surface area contributed by atoms with E-state index in [1.54, 1.807) is 0 Å². The Bertz CT molecular complexity index is 524. The van der Waals surface area contributed by atoms with Crippen molar-refractivity contribution in [3.63, 3.8) is 0 Å². The minimum Gasteiger partial charge on any atom is -0.479 e. The monoisotopic (exact) mass is 362 g/mol. The van der Waals surface area contributed by atoms with Crippen LogP contribution in [0.1, 0.15) is 0 Å². The van der Waals surface area contributed by atoms with Crippen molar-refractivity contribution in [2.24, 2.45) is 0 Å². The molecule has 25 heavy (non-hydrogen) atoms. The minimum absolute atomic E-state index is 0.114. The summed E-state index contributed by atoms with van der Waals surface area (Å²) in [4.78, 5) is 48.4. The molecule has 142 valence electrons. The van der Waals surface area contributed by atoms with Gasteiger partial charge in [0.05, 0.1) is 0 Å². The topological polar surface area (TPSA) is 189 Å². The third-order valence-corrected chi connectivity index (χ3v) is 4.17. The second-order valence-corrected chi connectivity index (χ2v) is 5.53. The standard InChI is InChI=1S/C13H22N4O8/c1-17-7-6-15-3-2-14-4-5-16-12(8(18)19,9(20)21)13(17,10(22)23)11(24)25/h14-16H,2-7H2,1H3,(H,18,19)(H,20,21)(H,22,23)(H,24,25). The SMILES string of the molecule is CN1CCNCCNCCNC(C(=O)O)(C(=O)O)C1(C(=O)O)C(=O)O. The van der Waals surface area contributed by atoms with E-state index in [1.165, 1.54) is 0 Å². The summed E-state index contributed by atoms with van der Waals surface area (Å²) < 4.78 is 0. The van der Waals surface area contributed by atoms with E-state index >= 15 is 0 Å². The van der Waals surface area contributed by atoms with E-state index in [0.29, 0.717) is 13.1 Å². The lowest BCUT2D eigenvalue weighted by atomic mass is 9.74. The van der Waals surface area contributed by atoms with Gasteiger partial charge in [0, 0.05) is 39.3 Å². The quantitative estimate of drug-likeness (QED) is 0.245. The predicted molar refractivity (Wildman–Crippen MR) is 82.4 cm³/mol. The van der Waals surface area contributed by atoms with E-state index < -0.39 is 35.0 Å². The van der Waals surface area contributed by atoms with Gasteiger partial charge < -0.3 is 31.1 Å². The summed E-state index contributed by atoms with van der Waals surface area (Å²) in [5, 5.41) is 46.4. The smallest absolute Gasteiger partial charge is 0.339 e. The average molecular weight is 362 g/mol. The Morgan fingerprint density at radius 3 is 1.64 bits per heavy atom. The minimum atomic E-state index is -3.31. The van der Waals surface area contributed by atoms with Crippen molar-refractivity contribution in [1.29, 1.82) is 0 Å². The molecule has 1 heterocycles. The number of carboxylic acid groups (broad SMARTS) is 4. The first-order valence-electron chi connectivity index (χ1n) is 7.47. The summed E-state index contributed by atoms with van der Waals surface area (Å²) in [6.07, 6.45) is 0. The normalized spacial score (nSPS) is 22.1. The van der Waals surface area contributed by atoms with Gasteiger partial charge >= 0.3 is 23.9 Å². The van der Waals surface area contributed by atoms with Crippen LogP contribution in [0.15, 0.2) is 0 Å². The first-order chi connectivity index (χ1) is 11.7. The Morgan fingerprint density at radius 1 is 0.760 bits per heavy atom. The maximum absolute atomic E-state index is 11.9. The molecule has 0 aromatic rings. The summed E-state index contributed by atoms with van der Waals surface area (Å²) >= 11 is 0. The molecule has 12 heteroatoms. The Labute approximate surface area is 142 Å². The molecule has 1 fully saturated rings. The zero-order valence-corrected chi connectivity index (χ0v) is 13.6. The van der Waals surface area contributed by atoms with Crippen molar-refractivity contribution in [3.05, 3.63) is 0 Å². The second-order valence-electron chi connectivity index (χ2n) is 5.53. The van der Waals surface area contributed by atoms with Crippen LogP contribution in [0.2, 0.25) is 0 Å². The van der Waals surface area contributed by atoms with Crippen molar-refractivity contribution >= 4 is 23.9 Å². The average Bonchev–Trinajstić information content (AvgIpc) is 2.48. The summed E-state index contributed by atoms with van der Waals surface area (Å²) in [5.74, 6) is -8.40. The van der Waals surface area contributed by atoms with E-state index in [2.05, 4.69) is 16.0 Å².